The van der Waals surface area contributed by atoms with Gasteiger partial charge in [0, 0.05) is 43.3 Å². The number of carbonyl (C=O) groups excluding carboxylic acids is 2. The highest BCUT2D eigenvalue weighted by atomic mass is 19.1. The SMILES string of the molecule is N[C@@H](Cc1c[nH]c2ccccc12)C(=O)NCC1CN(c2ccc(N3CCNCC3)c(F)c2)C(=O)O1. The van der Waals surface area contributed by atoms with E-state index in [9.17, 15) is 14.0 Å². The summed E-state index contributed by atoms with van der Waals surface area (Å²) in [6.45, 7) is 3.41. The molecule has 9 nitrogen and oxygen atoms in total. The van der Waals surface area contributed by atoms with Crippen molar-refractivity contribution in [2.45, 2.75) is 18.6 Å². The Hall–Kier alpha value is -3.63. The molecule has 184 valence electrons. The third-order valence-electron chi connectivity index (χ3n) is 6.53. The first kappa shape index (κ1) is 23.1. The number of hydrogen-bond donors (Lipinski definition) is 4. The fourth-order valence-corrected chi connectivity index (χ4v) is 4.64. The van der Waals surface area contributed by atoms with E-state index in [-0.39, 0.29) is 24.8 Å². The standard InChI is InChI=1S/C25H29FN6O3/c26-20-12-17(5-6-23(20)31-9-7-28-8-10-31)32-15-18(35-25(32)34)14-30-24(33)21(27)11-16-13-29-22-4-2-1-3-19(16)22/h1-6,12-13,18,21,28-29H,7-11,14-15,27H2,(H,30,33)/t18?,21-/m0/s1. The van der Waals surface area contributed by atoms with Crippen LogP contribution >= 0.6 is 0 Å². The third-order valence-corrected chi connectivity index (χ3v) is 6.53. The van der Waals surface area contributed by atoms with Crippen LogP contribution in [0.15, 0.2) is 48.7 Å². The molecule has 2 saturated heterocycles. The van der Waals surface area contributed by atoms with Crippen LogP contribution in [0.3, 0.4) is 0 Å². The number of nitrogens with two attached hydrogens (primary N) is 1. The Balaban J connectivity index is 1.15. The number of nitrogens with zero attached hydrogens (tertiary/aromatic N) is 2. The number of rotatable bonds is 7. The first-order valence-electron chi connectivity index (χ1n) is 11.8. The van der Waals surface area contributed by atoms with E-state index in [1.54, 1.807) is 12.1 Å². The Bertz CT molecular complexity index is 1220. The van der Waals surface area contributed by atoms with E-state index in [1.807, 2.05) is 35.4 Å². The number of para-hydroxylation sites is 1. The van der Waals surface area contributed by atoms with Gasteiger partial charge in [-0.25, -0.2) is 9.18 Å². The molecule has 0 spiro atoms. The number of benzene rings is 2. The summed E-state index contributed by atoms with van der Waals surface area (Å²) in [5.41, 5.74) is 9.04. The van der Waals surface area contributed by atoms with E-state index < -0.39 is 18.2 Å². The molecule has 0 saturated carbocycles. The van der Waals surface area contributed by atoms with Crippen molar-refractivity contribution < 1.29 is 18.7 Å². The Morgan fingerprint density at radius 3 is 2.83 bits per heavy atom. The van der Waals surface area contributed by atoms with Crippen LogP contribution in [0, 0.1) is 5.82 Å². The van der Waals surface area contributed by atoms with Crippen LogP contribution in [-0.4, -0.2) is 68.4 Å². The van der Waals surface area contributed by atoms with Crippen molar-refractivity contribution >= 4 is 34.3 Å². The molecule has 3 heterocycles. The Kier molecular flexibility index (Phi) is 6.56. The summed E-state index contributed by atoms with van der Waals surface area (Å²) >= 11 is 0. The highest BCUT2D eigenvalue weighted by Crippen LogP contribution is 2.28. The largest absolute Gasteiger partial charge is 0.442 e. The zero-order valence-electron chi connectivity index (χ0n) is 19.3. The van der Waals surface area contributed by atoms with Crippen molar-refractivity contribution in [1.82, 2.24) is 15.6 Å². The number of ether oxygens (including phenoxy) is 1. The zero-order chi connectivity index (χ0) is 24.4. The van der Waals surface area contributed by atoms with Crippen LogP contribution in [0.2, 0.25) is 0 Å². The monoisotopic (exact) mass is 480 g/mol. The second kappa shape index (κ2) is 9.93. The van der Waals surface area contributed by atoms with E-state index in [4.69, 9.17) is 10.5 Å². The van der Waals surface area contributed by atoms with Gasteiger partial charge in [-0.2, -0.15) is 0 Å². The lowest BCUT2D eigenvalue weighted by Crippen LogP contribution is -2.45. The van der Waals surface area contributed by atoms with Gasteiger partial charge in [-0.1, -0.05) is 18.2 Å². The minimum atomic E-state index is -0.742. The number of hydrogen-bond acceptors (Lipinski definition) is 6. The van der Waals surface area contributed by atoms with Crippen LogP contribution in [0.4, 0.5) is 20.6 Å². The third kappa shape index (κ3) is 4.94. The molecule has 2 fully saturated rings. The molecule has 5 rings (SSSR count). The van der Waals surface area contributed by atoms with Crippen molar-refractivity contribution in [3.8, 4) is 0 Å². The number of cyclic esters (lactones) is 1. The van der Waals surface area contributed by atoms with Crippen LogP contribution < -0.4 is 26.2 Å². The van der Waals surface area contributed by atoms with E-state index >= 15 is 0 Å². The highest BCUT2D eigenvalue weighted by molar-refractivity contribution is 5.90. The number of H-pyrrole nitrogens is 1. The maximum atomic E-state index is 14.8. The van der Waals surface area contributed by atoms with Crippen molar-refractivity contribution in [1.29, 1.82) is 0 Å². The maximum Gasteiger partial charge on any atom is 0.414 e. The summed E-state index contributed by atoms with van der Waals surface area (Å²) in [7, 11) is 0. The minimum absolute atomic E-state index is 0.129. The molecule has 2 amide bonds. The van der Waals surface area contributed by atoms with Gasteiger partial charge in [0.05, 0.1) is 30.5 Å². The number of anilines is 2. The summed E-state index contributed by atoms with van der Waals surface area (Å²) < 4.78 is 20.2. The molecule has 2 aromatic carbocycles. The Morgan fingerprint density at radius 2 is 2.03 bits per heavy atom. The molecule has 2 aliphatic rings. The van der Waals surface area contributed by atoms with Gasteiger partial charge in [0.15, 0.2) is 0 Å². The lowest BCUT2D eigenvalue weighted by molar-refractivity contribution is -0.122. The summed E-state index contributed by atoms with van der Waals surface area (Å²) in [5.74, 6) is -0.701. The van der Waals surface area contributed by atoms with Crippen molar-refractivity contribution in [2.75, 3.05) is 49.1 Å². The van der Waals surface area contributed by atoms with Crippen molar-refractivity contribution in [3.63, 3.8) is 0 Å². The number of nitrogens with one attached hydrogen (secondary N) is 3. The predicted octanol–water partition coefficient (Wildman–Crippen LogP) is 1.73. The fourth-order valence-electron chi connectivity index (χ4n) is 4.64. The van der Waals surface area contributed by atoms with Crippen LogP contribution in [0.5, 0.6) is 0 Å². The quantitative estimate of drug-likeness (QED) is 0.409. The number of aromatic amines is 1. The number of carbonyl (C=O) groups is 2. The summed E-state index contributed by atoms with van der Waals surface area (Å²) in [6.07, 6.45) is 1.12. The van der Waals surface area contributed by atoms with Gasteiger partial charge in [-0.3, -0.25) is 9.69 Å². The first-order chi connectivity index (χ1) is 17.0. The molecule has 2 atom stereocenters. The smallest absolute Gasteiger partial charge is 0.414 e. The average Bonchev–Trinajstić information content (AvgIpc) is 3.46. The molecule has 0 bridgehead atoms. The molecular weight excluding hydrogens is 451 g/mol. The molecular formula is C25H29FN6O3. The van der Waals surface area contributed by atoms with Crippen LogP contribution in [-0.2, 0) is 16.0 Å². The number of aromatic nitrogens is 1. The number of halogens is 1. The molecule has 2 aliphatic heterocycles. The number of fused-ring (bicyclic) bond motifs is 1. The van der Waals surface area contributed by atoms with Gasteiger partial charge < -0.3 is 31.0 Å². The Morgan fingerprint density at radius 1 is 1.23 bits per heavy atom. The lowest BCUT2D eigenvalue weighted by atomic mass is 10.1. The normalized spacial score (nSPS) is 19.1. The second-order valence-corrected chi connectivity index (χ2v) is 8.90. The molecule has 10 heteroatoms. The average molecular weight is 481 g/mol. The fraction of sp³-hybridized carbons (Fsp3) is 0.360. The van der Waals surface area contributed by atoms with Gasteiger partial charge in [0.2, 0.25) is 5.91 Å². The van der Waals surface area contributed by atoms with Gasteiger partial charge in [-0.05, 0) is 36.2 Å². The topological polar surface area (TPSA) is 116 Å². The van der Waals surface area contributed by atoms with Crippen LogP contribution in [0.1, 0.15) is 5.56 Å². The minimum Gasteiger partial charge on any atom is -0.442 e. The van der Waals surface area contributed by atoms with Gasteiger partial charge >= 0.3 is 6.09 Å². The van der Waals surface area contributed by atoms with E-state index in [2.05, 4.69) is 15.6 Å². The second-order valence-electron chi connectivity index (χ2n) is 8.90. The van der Waals surface area contributed by atoms with Crippen molar-refractivity contribution in [3.05, 3.63) is 60.0 Å². The summed E-state index contributed by atoms with van der Waals surface area (Å²) in [4.78, 5) is 31.5. The van der Waals surface area contributed by atoms with Crippen LogP contribution in [0.25, 0.3) is 10.9 Å². The summed E-state index contributed by atoms with van der Waals surface area (Å²) in [5, 5.41) is 7.05. The zero-order valence-corrected chi connectivity index (χ0v) is 19.3. The predicted molar refractivity (Wildman–Crippen MR) is 132 cm³/mol. The van der Waals surface area contributed by atoms with E-state index in [1.165, 1.54) is 11.0 Å². The molecule has 1 aromatic heterocycles. The molecule has 1 unspecified atom stereocenters. The van der Waals surface area contributed by atoms with Crippen molar-refractivity contribution in [2.24, 2.45) is 5.73 Å². The first-order valence-corrected chi connectivity index (χ1v) is 11.8. The van der Waals surface area contributed by atoms with Gasteiger partial charge in [0.1, 0.15) is 11.9 Å². The molecule has 3 aromatic rings. The van der Waals surface area contributed by atoms with E-state index in [0.29, 0.717) is 17.8 Å². The Labute approximate surface area is 202 Å². The van der Waals surface area contributed by atoms with Gasteiger partial charge in [0.25, 0.3) is 0 Å². The number of amides is 2. The molecule has 5 N–H and O–H groups in total. The molecule has 0 aliphatic carbocycles. The highest BCUT2D eigenvalue weighted by Gasteiger charge is 2.33. The number of piperazine rings is 1. The van der Waals surface area contributed by atoms with E-state index in [0.717, 1.165) is 42.6 Å². The summed E-state index contributed by atoms with van der Waals surface area (Å²) in [6, 6.07) is 11.9. The molecule has 35 heavy (non-hydrogen) atoms. The maximum absolute atomic E-state index is 14.8. The van der Waals surface area contributed by atoms with Gasteiger partial charge in [-0.15, -0.1) is 0 Å². The lowest BCUT2D eigenvalue weighted by Gasteiger charge is -2.30. The molecule has 0 radical (unpaired) electrons.